The highest BCUT2D eigenvalue weighted by Crippen LogP contribution is 2.28. The average Bonchev–Trinajstić information content (AvgIpc) is 2.53. The Morgan fingerprint density at radius 1 is 1.26 bits per heavy atom. The van der Waals surface area contributed by atoms with Gasteiger partial charge in [0.05, 0.1) is 17.0 Å². The molecule has 1 aromatic carbocycles. The van der Waals surface area contributed by atoms with E-state index >= 15 is 0 Å². The van der Waals surface area contributed by atoms with Crippen molar-refractivity contribution in [3.63, 3.8) is 0 Å². The second-order valence-electron chi connectivity index (χ2n) is 5.10. The van der Waals surface area contributed by atoms with Crippen LogP contribution in [-0.2, 0) is 16.4 Å². The monoisotopic (exact) mass is 352 g/mol. The van der Waals surface area contributed by atoms with Crippen molar-refractivity contribution in [1.29, 1.82) is 0 Å². The van der Waals surface area contributed by atoms with E-state index in [0.29, 0.717) is 20.6 Å². The number of pyridine rings is 1. The average molecular weight is 353 g/mol. The van der Waals surface area contributed by atoms with Gasteiger partial charge in [-0.2, -0.15) is 0 Å². The van der Waals surface area contributed by atoms with Crippen molar-refractivity contribution in [2.75, 3.05) is 13.3 Å². The van der Waals surface area contributed by atoms with Gasteiger partial charge >= 0.3 is 0 Å². The molecule has 0 aliphatic heterocycles. The van der Waals surface area contributed by atoms with Crippen LogP contribution < -0.4 is 0 Å². The lowest BCUT2D eigenvalue weighted by Crippen LogP contribution is -2.32. The van der Waals surface area contributed by atoms with E-state index in [1.54, 1.807) is 18.2 Å². The van der Waals surface area contributed by atoms with Gasteiger partial charge in [-0.15, -0.1) is 0 Å². The number of carbonyl (C=O) groups excluding carboxylic acids is 1. The van der Waals surface area contributed by atoms with Crippen molar-refractivity contribution in [3.8, 4) is 11.3 Å². The minimum atomic E-state index is -3.61. The van der Waals surface area contributed by atoms with Crippen LogP contribution in [0.25, 0.3) is 11.3 Å². The Hall–Kier alpha value is -1.92. The highest BCUT2D eigenvalue weighted by atomic mass is 35.5. The van der Waals surface area contributed by atoms with E-state index in [1.165, 1.54) is 13.1 Å². The fraction of sp³-hybridized carbons (Fsp3) is 0.250. The summed E-state index contributed by atoms with van der Waals surface area (Å²) in [6.07, 6.45) is 1.76. The molecule has 0 bridgehead atoms. The van der Waals surface area contributed by atoms with E-state index in [9.17, 15) is 13.2 Å². The van der Waals surface area contributed by atoms with Gasteiger partial charge in [-0.05, 0) is 36.8 Å². The van der Waals surface area contributed by atoms with E-state index in [1.807, 2.05) is 19.1 Å². The standard InChI is InChI=1S/C16H17ClN2O3S/c1-4-12-6-5-7-15(18-12)13-10-11(8-9-14(13)17)16(20)19(2)23(3,21)22/h5-10H,4H2,1-3H3. The van der Waals surface area contributed by atoms with Crippen molar-refractivity contribution in [2.24, 2.45) is 0 Å². The maximum Gasteiger partial charge on any atom is 0.267 e. The van der Waals surface area contributed by atoms with E-state index in [4.69, 9.17) is 11.6 Å². The summed E-state index contributed by atoms with van der Waals surface area (Å²) < 4.78 is 23.7. The molecule has 0 fully saturated rings. The van der Waals surface area contributed by atoms with Gasteiger partial charge in [-0.1, -0.05) is 24.6 Å². The first-order valence-electron chi connectivity index (χ1n) is 6.98. The molecule has 1 amide bonds. The smallest absolute Gasteiger partial charge is 0.267 e. The zero-order chi connectivity index (χ0) is 17.2. The van der Waals surface area contributed by atoms with E-state index in [-0.39, 0.29) is 5.56 Å². The SMILES string of the molecule is CCc1cccc(-c2cc(C(=O)N(C)S(C)(=O)=O)ccc2Cl)n1. The van der Waals surface area contributed by atoms with Crippen LogP contribution in [0.4, 0.5) is 0 Å². The molecule has 0 N–H and O–H groups in total. The largest absolute Gasteiger partial charge is 0.268 e. The molecule has 5 nitrogen and oxygen atoms in total. The molecule has 7 heteroatoms. The number of carbonyl (C=O) groups is 1. The van der Waals surface area contributed by atoms with Gasteiger partial charge in [0.1, 0.15) is 0 Å². The third-order valence-electron chi connectivity index (χ3n) is 3.44. The van der Waals surface area contributed by atoms with Crippen LogP contribution in [0.2, 0.25) is 5.02 Å². The van der Waals surface area contributed by atoms with Crippen molar-refractivity contribution in [2.45, 2.75) is 13.3 Å². The molecule has 0 radical (unpaired) electrons. The minimum absolute atomic E-state index is 0.237. The predicted octanol–water partition coefficient (Wildman–Crippen LogP) is 3.00. The Labute approximate surface area is 141 Å². The lowest BCUT2D eigenvalue weighted by Gasteiger charge is -2.15. The molecule has 0 spiro atoms. The topological polar surface area (TPSA) is 67.3 Å². The molecule has 1 heterocycles. The molecule has 122 valence electrons. The summed E-state index contributed by atoms with van der Waals surface area (Å²) in [6.45, 7) is 1.99. The molecule has 0 aliphatic carbocycles. The Balaban J connectivity index is 2.49. The van der Waals surface area contributed by atoms with Gasteiger partial charge < -0.3 is 0 Å². The molecular formula is C16H17ClN2O3S. The first-order valence-corrected chi connectivity index (χ1v) is 9.20. The third kappa shape index (κ3) is 3.89. The molecule has 0 aliphatic rings. The normalized spacial score (nSPS) is 11.3. The van der Waals surface area contributed by atoms with E-state index in [0.717, 1.165) is 18.4 Å². The summed E-state index contributed by atoms with van der Waals surface area (Å²) in [5.74, 6) is -0.614. The first-order chi connectivity index (χ1) is 10.7. The van der Waals surface area contributed by atoms with Crippen LogP contribution >= 0.6 is 11.6 Å². The quantitative estimate of drug-likeness (QED) is 0.848. The van der Waals surface area contributed by atoms with E-state index in [2.05, 4.69) is 4.98 Å². The summed E-state index contributed by atoms with van der Waals surface area (Å²) in [5, 5.41) is 0.448. The molecular weight excluding hydrogens is 336 g/mol. The lowest BCUT2D eigenvalue weighted by molar-refractivity contribution is 0.0884. The summed E-state index contributed by atoms with van der Waals surface area (Å²) in [7, 11) is -2.39. The second kappa shape index (κ2) is 6.68. The van der Waals surface area contributed by atoms with Gasteiger partial charge in [0, 0.05) is 23.9 Å². The number of aryl methyl sites for hydroxylation is 1. The van der Waals surface area contributed by atoms with Crippen LogP contribution in [0.3, 0.4) is 0 Å². The molecule has 23 heavy (non-hydrogen) atoms. The van der Waals surface area contributed by atoms with Crippen molar-refractivity contribution in [1.82, 2.24) is 9.29 Å². The third-order valence-corrected chi connectivity index (χ3v) is 4.93. The van der Waals surface area contributed by atoms with Crippen molar-refractivity contribution < 1.29 is 13.2 Å². The van der Waals surface area contributed by atoms with Crippen molar-refractivity contribution in [3.05, 3.63) is 52.7 Å². The lowest BCUT2D eigenvalue weighted by atomic mass is 10.1. The number of sulfonamides is 1. The first kappa shape index (κ1) is 17.4. The fourth-order valence-electron chi connectivity index (χ4n) is 2.01. The number of amides is 1. The maximum atomic E-state index is 12.3. The van der Waals surface area contributed by atoms with Crippen LogP contribution in [0, 0.1) is 0 Å². The molecule has 0 saturated carbocycles. The summed E-state index contributed by atoms with van der Waals surface area (Å²) in [4.78, 5) is 16.8. The summed E-state index contributed by atoms with van der Waals surface area (Å²) in [6, 6.07) is 10.2. The Morgan fingerprint density at radius 3 is 2.57 bits per heavy atom. The Kier molecular flexibility index (Phi) is 5.06. The minimum Gasteiger partial charge on any atom is -0.268 e. The number of halogens is 1. The van der Waals surface area contributed by atoms with Gasteiger partial charge in [-0.25, -0.2) is 12.7 Å². The van der Waals surface area contributed by atoms with Gasteiger partial charge in [0.2, 0.25) is 10.0 Å². The molecule has 2 rings (SSSR count). The van der Waals surface area contributed by atoms with Crippen LogP contribution in [-0.4, -0.2) is 36.9 Å². The van der Waals surface area contributed by atoms with Crippen molar-refractivity contribution >= 4 is 27.5 Å². The van der Waals surface area contributed by atoms with Crippen LogP contribution in [0.1, 0.15) is 23.0 Å². The number of aromatic nitrogens is 1. The second-order valence-corrected chi connectivity index (χ2v) is 7.52. The number of nitrogens with zero attached hydrogens (tertiary/aromatic N) is 2. The van der Waals surface area contributed by atoms with E-state index < -0.39 is 15.9 Å². The molecule has 0 saturated heterocycles. The van der Waals surface area contributed by atoms with Crippen LogP contribution in [0.5, 0.6) is 0 Å². The molecule has 1 aromatic heterocycles. The zero-order valence-electron chi connectivity index (χ0n) is 13.1. The summed E-state index contributed by atoms with van der Waals surface area (Å²) >= 11 is 6.22. The van der Waals surface area contributed by atoms with Crippen LogP contribution in [0.15, 0.2) is 36.4 Å². The highest BCUT2D eigenvalue weighted by molar-refractivity contribution is 7.88. The Bertz CT molecular complexity index is 850. The maximum absolute atomic E-state index is 12.3. The number of rotatable bonds is 4. The predicted molar refractivity (Wildman–Crippen MR) is 91.0 cm³/mol. The number of hydrogen-bond donors (Lipinski definition) is 0. The molecule has 0 atom stereocenters. The van der Waals surface area contributed by atoms with Gasteiger partial charge in [0.15, 0.2) is 0 Å². The fourth-order valence-corrected chi connectivity index (χ4v) is 2.63. The Morgan fingerprint density at radius 2 is 1.96 bits per heavy atom. The molecule has 2 aromatic rings. The highest BCUT2D eigenvalue weighted by Gasteiger charge is 2.21. The van der Waals surface area contributed by atoms with Gasteiger partial charge in [0.25, 0.3) is 5.91 Å². The number of hydrogen-bond acceptors (Lipinski definition) is 4. The summed E-state index contributed by atoms with van der Waals surface area (Å²) in [5.41, 5.74) is 2.38. The zero-order valence-corrected chi connectivity index (χ0v) is 14.6. The number of benzene rings is 1. The molecule has 0 unspecified atom stereocenters. The van der Waals surface area contributed by atoms with Gasteiger partial charge in [-0.3, -0.25) is 9.78 Å².